The molecule has 1 aliphatic rings. The Balaban J connectivity index is 1.77. The van der Waals surface area contributed by atoms with Crippen molar-refractivity contribution in [3.8, 4) is 0 Å². The second-order valence-electron chi connectivity index (χ2n) is 5.65. The van der Waals surface area contributed by atoms with E-state index < -0.39 is 17.8 Å². The van der Waals surface area contributed by atoms with Gasteiger partial charge in [-0.05, 0) is 37.0 Å². The van der Waals surface area contributed by atoms with Gasteiger partial charge in [0.05, 0.1) is 27.6 Å². The smallest absolute Gasteiger partial charge is 0.307 e. The third kappa shape index (κ3) is 2.76. The zero-order valence-electron chi connectivity index (χ0n) is 11.6. The molecule has 5 nitrogen and oxygen atoms in total. The molecule has 1 amide bonds. The Kier molecular flexibility index (Phi) is 3.63. The minimum atomic E-state index is -0.877. The average molecular weight is 304 g/mol. The molecule has 21 heavy (non-hydrogen) atoms. The maximum absolute atomic E-state index is 12.4. The van der Waals surface area contributed by atoms with Gasteiger partial charge in [0.1, 0.15) is 0 Å². The van der Waals surface area contributed by atoms with Crippen molar-refractivity contribution in [2.75, 3.05) is 5.32 Å². The molecular formula is C15H16N2O3S. The maximum atomic E-state index is 12.4. The van der Waals surface area contributed by atoms with Crippen LogP contribution in [0.4, 0.5) is 5.69 Å². The summed E-state index contributed by atoms with van der Waals surface area (Å²) in [5.41, 5.74) is 3.35. The molecule has 1 aliphatic carbocycles. The van der Waals surface area contributed by atoms with E-state index in [0.29, 0.717) is 18.5 Å². The lowest BCUT2D eigenvalue weighted by Crippen LogP contribution is -2.29. The lowest BCUT2D eigenvalue weighted by molar-refractivity contribution is -0.145. The van der Waals surface area contributed by atoms with Crippen LogP contribution < -0.4 is 5.32 Å². The van der Waals surface area contributed by atoms with Gasteiger partial charge in [-0.2, -0.15) is 0 Å². The minimum Gasteiger partial charge on any atom is -0.481 e. The number of carbonyl (C=O) groups is 2. The van der Waals surface area contributed by atoms with E-state index >= 15 is 0 Å². The Labute approximate surface area is 126 Å². The summed E-state index contributed by atoms with van der Waals surface area (Å²) in [7, 11) is 0. The monoisotopic (exact) mass is 304 g/mol. The Hall–Kier alpha value is -1.95. The Morgan fingerprint density at radius 1 is 1.33 bits per heavy atom. The Morgan fingerprint density at radius 2 is 2.10 bits per heavy atom. The van der Waals surface area contributed by atoms with E-state index in [2.05, 4.69) is 10.3 Å². The van der Waals surface area contributed by atoms with Gasteiger partial charge < -0.3 is 10.4 Å². The van der Waals surface area contributed by atoms with Crippen LogP contribution >= 0.6 is 11.3 Å². The highest BCUT2D eigenvalue weighted by atomic mass is 32.1. The summed E-state index contributed by atoms with van der Waals surface area (Å²) in [5, 5.41) is 12.1. The number of benzene rings is 1. The topological polar surface area (TPSA) is 79.3 Å². The number of hydrogen-bond donors (Lipinski definition) is 2. The van der Waals surface area contributed by atoms with Crippen LogP contribution in [0, 0.1) is 17.8 Å². The number of thiazole rings is 1. The zero-order chi connectivity index (χ0) is 15.0. The highest BCUT2D eigenvalue weighted by Gasteiger charge is 2.41. The minimum absolute atomic E-state index is 0.199. The van der Waals surface area contributed by atoms with Gasteiger partial charge in [-0.1, -0.05) is 6.92 Å². The lowest BCUT2D eigenvalue weighted by atomic mass is 9.95. The predicted molar refractivity (Wildman–Crippen MR) is 81.3 cm³/mol. The molecule has 2 N–H and O–H groups in total. The maximum Gasteiger partial charge on any atom is 0.307 e. The summed E-state index contributed by atoms with van der Waals surface area (Å²) in [6.45, 7) is 1.99. The van der Waals surface area contributed by atoms with Crippen molar-refractivity contribution in [1.82, 2.24) is 4.98 Å². The van der Waals surface area contributed by atoms with Gasteiger partial charge in [0.25, 0.3) is 0 Å². The van der Waals surface area contributed by atoms with Crippen molar-refractivity contribution in [2.45, 2.75) is 19.8 Å². The van der Waals surface area contributed by atoms with E-state index in [4.69, 9.17) is 0 Å². The third-order valence-electron chi connectivity index (χ3n) is 4.05. The average Bonchev–Trinajstić information content (AvgIpc) is 3.04. The number of fused-ring (bicyclic) bond motifs is 1. The van der Waals surface area contributed by atoms with Crippen molar-refractivity contribution in [2.24, 2.45) is 17.8 Å². The van der Waals surface area contributed by atoms with E-state index in [0.717, 1.165) is 10.2 Å². The molecule has 1 fully saturated rings. The van der Waals surface area contributed by atoms with Crippen molar-refractivity contribution in [3.05, 3.63) is 23.7 Å². The largest absolute Gasteiger partial charge is 0.481 e. The molecule has 1 aromatic carbocycles. The van der Waals surface area contributed by atoms with Crippen LogP contribution in [-0.4, -0.2) is 22.0 Å². The molecule has 1 unspecified atom stereocenters. The number of aromatic nitrogens is 1. The molecule has 0 saturated heterocycles. The first-order valence-corrected chi connectivity index (χ1v) is 7.79. The SMILES string of the molecule is CC1C[C@H](C(=O)Nc2ccc3ncsc3c2)[C@H](C(=O)O)C1. The summed E-state index contributed by atoms with van der Waals surface area (Å²) >= 11 is 1.51. The second-order valence-corrected chi connectivity index (χ2v) is 6.54. The molecule has 0 spiro atoms. The lowest BCUT2D eigenvalue weighted by Gasteiger charge is -2.15. The fourth-order valence-electron chi connectivity index (χ4n) is 3.02. The van der Waals surface area contributed by atoms with Crippen molar-refractivity contribution < 1.29 is 14.7 Å². The number of nitrogens with one attached hydrogen (secondary N) is 1. The number of nitrogens with zero attached hydrogens (tertiary/aromatic N) is 1. The first-order valence-electron chi connectivity index (χ1n) is 6.91. The van der Waals surface area contributed by atoms with Crippen LogP contribution in [0.25, 0.3) is 10.2 Å². The second kappa shape index (κ2) is 5.44. The molecule has 3 rings (SSSR count). The molecule has 1 saturated carbocycles. The molecule has 6 heteroatoms. The highest BCUT2D eigenvalue weighted by molar-refractivity contribution is 7.16. The van der Waals surface area contributed by atoms with Crippen LogP contribution in [0.5, 0.6) is 0 Å². The summed E-state index contributed by atoms with van der Waals surface area (Å²) in [4.78, 5) is 27.8. The van der Waals surface area contributed by atoms with Crippen LogP contribution in [0.3, 0.4) is 0 Å². The molecule has 1 aromatic heterocycles. The summed E-state index contributed by atoms with van der Waals surface area (Å²) in [5.74, 6) is -1.83. The molecule has 0 radical (unpaired) electrons. The van der Waals surface area contributed by atoms with Gasteiger partial charge in [0.2, 0.25) is 5.91 Å². The van der Waals surface area contributed by atoms with E-state index in [1.54, 1.807) is 11.6 Å². The standard InChI is InChI=1S/C15H16N2O3S/c1-8-4-10(11(5-8)15(19)20)14(18)17-9-2-3-12-13(6-9)21-7-16-12/h2-3,6-8,10-11H,4-5H2,1H3,(H,17,18)(H,19,20)/t8?,10-,11+/m0/s1. The van der Waals surface area contributed by atoms with Crippen LogP contribution in [0.15, 0.2) is 23.7 Å². The van der Waals surface area contributed by atoms with E-state index in [1.807, 2.05) is 19.1 Å². The number of aliphatic carboxylic acids is 1. The van der Waals surface area contributed by atoms with Crippen LogP contribution in [0.2, 0.25) is 0 Å². The molecule has 0 bridgehead atoms. The number of carboxylic acid groups (broad SMARTS) is 1. The summed E-state index contributed by atoms with van der Waals surface area (Å²) in [6.07, 6.45) is 1.20. The van der Waals surface area contributed by atoms with E-state index in [9.17, 15) is 14.7 Å². The fraction of sp³-hybridized carbons (Fsp3) is 0.400. The normalized spacial score (nSPS) is 25.1. The summed E-state index contributed by atoms with van der Waals surface area (Å²) in [6, 6.07) is 5.53. The Bertz CT molecular complexity index is 697. The van der Waals surface area contributed by atoms with Gasteiger partial charge in [-0.25, -0.2) is 4.98 Å². The Morgan fingerprint density at radius 3 is 2.86 bits per heavy atom. The quantitative estimate of drug-likeness (QED) is 0.913. The molecule has 0 aliphatic heterocycles. The number of anilines is 1. The number of rotatable bonds is 3. The number of carboxylic acids is 1. The highest BCUT2D eigenvalue weighted by Crippen LogP contribution is 2.37. The predicted octanol–water partition coefficient (Wildman–Crippen LogP) is 2.98. The molecular weight excluding hydrogens is 288 g/mol. The van der Waals surface area contributed by atoms with Crippen molar-refractivity contribution in [3.63, 3.8) is 0 Å². The molecule has 110 valence electrons. The summed E-state index contributed by atoms with van der Waals surface area (Å²) < 4.78 is 1.00. The number of carbonyl (C=O) groups excluding carboxylic acids is 1. The van der Waals surface area contributed by atoms with Gasteiger partial charge in [0.15, 0.2) is 0 Å². The molecule has 3 atom stereocenters. The first-order chi connectivity index (χ1) is 10.0. The zero-order valence-corrected chi connectivity index (χ0v) is 12.4. The van der Waals surface area contributed by atoms with Crippen molar-refractivity contribution >= 4 is 39.1 Å². The number of hydrogen-bond acceptors (Lipinski definition) is 4. The van der Waals surface area contributed by atoms with Gasteiger partial charge in [-0.15, -0.1) is 11.3 Å². The van der Waals surface area contributed by atoms with E-state index in [-0.39, 0.29) is 11.8 Å². The number of amides is 1. The van der Waals surface area contributed by atoms with Gasteiger partial charge in [-0.3, -0.25) is 9.59 Å². The van der Waals surface area contributed by atoms with Crippen LogP contribution in [0.1, 0.15) is 19.8 Å². The van der Waals surface area contributed by atoms with Crippen molar-refractivity contribution in [1.29, 1.82) is 0 Å². The van der Waals surface area contributed by atoms with Crippen LogP contribution in [-0.2, 0) is 9.59 Å². The van der Waals surface area contributed by atoms with Gasteiger partial charge >= 0.3 is 5.97 Å². The molecule has 2 aromatic rings. The van der Waals surface area contributed by atoms with Gasteiger partial charge in [0, 0.05) is 5.69 Å². The molecule has 1 heterocycles. The fourth-order valence-corrected chi connectivity index (χ4v) is 3.74. The first kappa shape index (κ1) is 14.0. The third-order valence-corrected chi connectivity index (χ3v) is 4.84. The van der Waals surface area contributed by atoms with E-state index in [1.165, 1.54) is 11.3 Å².